The van der Waals surface area contributed by atoms with E-state index in [1.165, 1.54) is 0 Å². The van der Waals surface area contributed by atoms with Crippen molar-refractivity contribution in [1.29, 1.82) is 0 Å². The van der Waals surface area contributed by atoms with Crippen LogP contribution in [0, 0.1) is 0 Å². The highest BCUT2D eigenvalue weighted by molar-refractivity contribution is 7.08. The third-order valence-corrected chi connectivity index (χ3v) is 4.41. The first-order valence-corrected chi connectivity index (χ1v) is 8.08. The Morgan fingerprint density at radius 3 is 2.64 bits per heavy atom. The monoisotopic (exact) mass is 335 g/mol. The summed E-state index contributed by atoms with van der Waals surface area (Å²) in [5.74, 6) is -0.218. The number of benzene rings is 1. The van der Waals surface area contributed by atoms with Crippen LogP contribution in [0.3, 0.4) is 0 Å². The molecule has 7 heteroatoms. The molecule has 0 spiro atoms. The number of thiophene rings is 1. The molecule has 1 saturated heterocycles. The van der Waals surface area contributed by atoms with Crippen molar-refractivity contribution in [2.24, 2.45) is 0 Å². The van der Waals surface area contributed by atoms with Gasteiger partial charge in [-0.3, -0.25) is 4.79 Å². The van der Waals surface area contributed by atoms with Gasteiger partial charge < -0.3 is 16.0 Å². The van der Waals surface area contributed by atoms with Crippen LogP contribution < -0.4 is 16.0 Å². The highest BCUT2D eigenvalue weighted by atomic mass is 35.5. The van der Waals surface area contributed by atoms with Crippen molar-refractivity contribution in [2.45, 2.75) is 12.1 Å². The van der Waals surface area contributed by atoms with E-state index in [9.17, 15) is 9.59 Å². The molecule has 2 heterocycles. The van der Waals surface area contributed by atoms with Gasteiger partial charge in [0.2, 0.25) is 5.91 Å². The molecule has 1 aliphatic rings. The van der Waals surface area contributed by atoms with Gasteiger partial charge in [0.15, 0.2) is 0 Å². The van der Waals surface area contributed by atoms with Gasteiger partial charge in [0.05, 0.1) is 6.04 Å². The van der Waals surface area contributed by atoms with Crippen molar-refractivity contribution in [3.63, 3.8) is 0 Å². The standard InChI is InChI=1S/C15H14ClN3O2S/c16-11-3-1-9(2-4-11)13(10-5-6-22-8-10)19-14(20)12-7-17-15(21)18-12/h1-6,8,12-13H,7H2,(H,19,20)(H2,17,18,21)/t12-,13-/m1/s1. The molecule has 1 aliphatic heterocycles. The third kappa shape index (κ3) is 3.23. The number of rotatable bonds is 4. The molecule has 1 aromatic heterocycles. The molecule has 114 valence electrons. The second-order valence-electron chi connectivity index (χ2n) is 4.96. The Labute approximate surface area is 136 Å². The molecule has 2 atom stereocenters. The van der Waals surface area contributed by atoms with Gasteiger partial charge in [-0.2, -0.15) is 11.3 Å². The van der Waals surface area contributed by atoms with E-state index in [1.54, 1.807) is 23.5 Å². The summed E-state index contributed by atoms with van der Waals surface area (Å²) >= 11 is 7.49. The quantitative estimate of drug-likeness (QED) is 0.802. The van der Waals surface area contributed by atoms with Gasteiger partial charge in [0, 0.05) is 11.6 Å². The Morgan fingerprint density at radius 1 is 1.27 bits per heavy atom. The molecule has 2 aromatic rings. The second kappa shape index (κ2) is 6.37. The zero-order valence-electron chi connectivity index (χ0n) is 11.5. The predicted octanol–water partition coefficient (Wildman–Crippen LogP) is 2.29. The summed E-state index contributed by atoms with van der Waals surface area (Å²) in [5, 5.41) is 12.7. The Hall–Kier alpha value is -2.05. The van der Waals surface area contributed by atoms with Crippen LogP contribution in [0.15, 0.2) is 41.1 Å². The first kappa shape index (κ1) is 14.9. The van der Waals surface area contributed by atoms with Gasteiger partial charge in [0.1, 0.15) is 6.04 Å². The van der Waals surface area contributed by atoms with Crippen LogP contribution in [0.5, 0.6) is 0 Å². The van der Waals surface area contributed by atoms with Gasteiger partial charge in [-0.1, -0.05) is 23.7 Å². The van der Waals surface area contributed by atoms with E-state index in [-0.39, 0.29) is 18.0 Å². The van der Waals surface area contributed by atoms with Crippen molar-refractivity contribution in [3.8, 4) is 0 Å². The van der Waals surface area contributed by atoms with Crippen LogP contribution in [0.4, 0.5) is 4.79 Å². The molecule has 3 rings (SSSR count). The fourth-order valence-electron chi connectivity index (χ4n) is 2.31. The molecule has 0 bridgehead atoms. The molecule has 1 aromatic carbocycles. The number of carbonyl (C=O) groups is 2. The maximum Gasteiger partial charge on any atom is 0.315 e. The zero-order chi connectivity index (χ0) is 15.5. The largest absolute Gasteiger partial charge is 0.343 e. The minimum absolute atomic E-state index is 0.218. The predicted molar refractivity (Wildman–Crippen MR) is 86.1 cm³/mol. The molecule has 22 heavy (non-hydrogen) atoms. The summed E-state index contributed by atoms with van der Waals surface area (Å²) in [6.45, 7) is 0.293. The molecule has 0 unspecified atom stereocenters. The SMILES string of the molecule is O=C1NC[C@H](C(=O)N[C@H](c2ccc(Cl)cc2)c2ccsc2)N1. The zero-order valence-corrected chi connectivity index (χ0v) is 13.1. The molecule has 1 fully saturated rings. The first-order valence-electron chi connectivity index (χ1n) is 6.76. The van der Waals surface area contributed by atoms with Gasteiger partial charge in [-0.25, -0.2) is 4.79 Å². The molecule has 5 nitrogen and oxygen atoms in total. The average molecular weight is 336 g/mol. The van der Waals surface area contributed by atoms with Gasteiger partial charge >= 0.3 is 6.03 Å². The second-order valence-corrected chi connectivity index (χ2v) is 6.17. The lowest BCUT2D eigenvalue weighted by atomic mass is 10.0. The number of carbonyl (C=O) groups excluding carboxylic acids is 2. The lowest BCUT2D eigenvalue weighted by molar-refractivity contribution is -0.122. The molecular formula is C15H14ClN3O2S. The first-order chi connectivity index (χ1) is 10.6. The van der Waals surface area contributed by atoms with Crippen LogP contribution in [0.25, 0.3) is 0 Å². The summed E-state index contributed by atoms with van der Waals surface area (Å²) in [6.07, 6.45) is 0. The molecule has 3 N–H and O–H groups in total. The molecule has 0 saturated carbocycles. The summed E-state index contributed by atoms with van der Waals surface area (Å²) < 4.78 is 0. The Balaban J connectivity index is 1.81. The van der Waals surface area contributed by atoms with Crippen molar-refractivity contribution in [3.05, 3.63) is 57.2 Å². The third-order valence-electron chi connectivity index (χ3n) is 3.46. The fourth-order valence-corrected chi connectivity index (χ4v) is 3.12. The highest BCUT2D eigenvalue weighted by Crippen LogP contribution is 2.25. The van der Waals surface area contributed by atoms with E-state index in [4.69, 9.17) is 11.6 Å². The number of hydrogen-bond donors (Lipinski definition) is 3. The maximum atomic E-state index is 12.3. The summed E-state index contributed by atoms with van der Waals surface area (Å²) in [6, 6.07) is 8.18. The van der Waals surface area contributed by atoms with Gasteiger partial charge in [-0.05, 0) is 40.1 Å². The maximum absolute atomic E-state index is 12.3. The number of nitrogens with one attached hydrogen (secondary N) is 3. The van der Waals surface area contributed by atoms with Crippen LogP contribution in [0.1, 0.15) is 17.2 Å². The van der Waals surface area contributed by atoms with Crippen molar-refractivity contribution in [1.82, 2.24) is 16.0 Å². The summed E-state index contributed by atoms with van der Waals surface area (Å²) in [7, 11) is 0. The lowest BCUT2D eigenvalue weighted by Gasteiger charge is -2.20. The van der Waals surface area contributed by atoms with E-state index in [0.717, 1.165) is 11.1 Å². The minimum atomic E-state index is -0.555. The van der Waals surface area contributed by atoms with E-state index in [1.807, 2.05) is 29.0 Å². The normalized spacial score (nSPS) is 18.4. The number of hydrogen-bond acceptors (Lipinski definition) is 3. The minimum Gasteiger partial charge on any atom is -0.343 e. The smallest absolute Gasteiger partial charge is 0.315 e. The number of halogens is 1. The lowest BCUT2D eigenvalue weighted by Crippen LogP contribution is -2.44. The molecule has 3 amide bonds. The summed E-state index contributed by atoms with van der Waals surface area (Å²) in [5.41, 5.74) is 1.94. The van der Waals surface area contributed by atoms with E-state index >= 15 is 0 Å². The van der Waals surface area contributed by atoms with Crippen LogP contribution in [0.2, 0.25) is 5.02 Å². The van der Waals surface area contributed by atoms with E-state index < -0.39 is 6.04 Å². The molecule has 0 radical (unpaired) electrons. The van der Waals surface area contributed by atoms with Crippen LogP contribution in [-0.2, 0) is 4.79 Å². The molecule has 0 aliphatic carbocycles. The number of amides is 3. The van der Waals surface area contributed by atoms with Gasteiger partial charge in [0.25, 0.3) is 0 Å². The van der Waals surface area contributed by atoms with Crippen molar-refractivity contribution < 1.29 is 9.59 Å². The summed E-state index contributed by atoms with van der Waals surface area (Å²) in [4.78, 5) is 23.5. The van der Waals surface area contributed by atoms with Crippen LogP contribution >= 0.6 is 22.9 Å². The van der Waals surface area contributed by atoms with Crippen molar-refractivity contribution >= 4 is 34.9 Å². The fraction of sp³-hybridized carbons (Fsp3) is 0.200. The van der Waals surface area contributed by atoms with E-state index in [2.05, 4.69) is 16.0 Å². The Morgan fingerprint density at radius 2 is 2.05 bits per heavy atom. The van der Waals surface area contributed by atoms with Crippen LogP contribution in [-0.4, -0.2) is 24.5 Å². The molecular weight excluding hydrogens is 322 g/mol. The topological polar surface area (TPSA) is 70.2 Å². The Kier molecular flexibility index (Phi) is 4.31. The van der Waals surface area contributed by atoms with E-state index in [0.29, 0.717) is 11.6 Å². The van der Waals surface area contributed by atoms with Crippen molar-refractivity contribution in [2.75, 3.05) is 6.54 Å². The highest BCUT2D eigenvalue weighted by Gasteiger charge is 2.29. The van der Waals surface area contributed by atoms with Gasteiger partial charge in [-0.15, -0.1) is 0 Å². The average Bonchev–Trinajstić information content (AvgIpc) is 3.17. The number of urea groups is 1. The Bertz CT molecular complexity index is 673.